The van der Waals surface area contributed by atoms with Gasteiger partial charge in [0.25, 0.3) is 17.5 Å². The fourth-order valence-corrected chi connectivity index (χ4v) is 2.61. The first-order valence-corrected chi connectivity index (χ1v) is 8.44. The molecule has 3 aromatic rings. The highest BCUT2D eigenvalue weighted by atomic mass is 16.6. The summed E-state index contributed by atoms with van der Waals surface area (Å²) in [5.74, 6) is -2.19. The van der Waals surface area contributed by atoms with Crippen LogP contribution in [0.5, 0.6) is 0 Å². The van der Waals surface area contributed by atoms with E-state index in [0.29, 0.717) is 10.9 Å². The number of hydrogen-bond donors (Lipinski definition) is 2. The van der Waals surface area contributed by atoms with Crippen LogP contribution in [0.25, 0.3) is 10.8 Å². The van der Waals surface area contributed by atoms with Gasteiger partial charge >= 0.3 is 5.97 Å². The fourth-order valence-electron chi connectivity index (χ4n) is 2.61. The zero-order valence-corrected chi connectivity index (χ0v) is 15.0. The average molecular weight is 393 g/mol. The molecule has 0 aliphatic carbocycles. The minimum absolute atomic E-state index is 0.00718. The van der Waals surface area contributed by atoms with E-state index < -0.39 is 29.3 Å². The number of carbonyl (C=O) groups excluding carboxylic acids is 3. The van der Waals surface area contributed by atoms with Crippen LogP contribution in [0.2, 0.25) is 0 Å². The molecule has 0 unspecified atom stereocenters. The molecule has 0 bridgehead atoms. The Morgan fingerprint density at radius 3 is 2.45 bits per heavy atom. The molecule has 0 atom stereocenters. The van der Waals surface area contributed by atoms with Gasteiger partial charge in [-0.1, -0.05) is 42.5 Å². The molecule has 0 aliphatic heterocycles. The number of fused-ring (bicyclic) bond motifs is 1. The lowest BCUT2D eigenvalue weighted by Crippen LogP contribution is -2.43. The number of nitrogens with zero attached hydrogens (tertiary/aromatic N) is 1. The Labute approximate surface area is 164 Å². The SMILES string of the molecule is O=C(COC(=O)c1cccc2ccccc12)NNC(=O)c1cccc([N+](=O)[O-])c1. The maximum atomic E-state index is 12.3. The minimum Gasteiger partial charge on any atom is -0.452 e. The molecule has 2 N–H and O–H groups in total. The lowest BCUT2D eigenvalue weighted by molar-refractivity contribution is -0.384. The molecular formula is C20H15N3O6. The maximum Gasteiger partial charge on any atom is 0.339 e. The molecule has 29 heavy (non-hydrogen) atoms. The smallest absolute Gasteiger partial charge is 0.339 e. The van der Waals surface area contributed by atoms with Crippen LogP contribution in [0.4, 0.5) is 5.69 Å². The monoisotopic (exact) mass is 393 g/mol. The summed E-state index contributed by atoms with van der Waals surface area (Å²) in [7, 11) is 0. The second-order valence-corrected chi connectivity index (χ2v) is 5.91. The zero-order chi connectivity index (χ0) is 20.8. The normalized spacial score (nSPS) is 10.2. The molecule has 0 heterocycles. The summed E-state index contributed by atoms with van der Waals surface area (Å²) in [4.78, 5) is 46.2. The number of benzene rings is 3. The highest BCUT2D eigenvalue weighted by molar-refractivity contribution is 6.05. The number of nitrogens with one attached hydrogen (secondary N) is 2. The summed E-state index contributed by atoms with van der Waals surface area (Å²) in [5.41, 5.74) is 4.25. The number of carbonyl (C=O) groups is 3. The van der Waals surface area contributed by atoms with Gasteiger partial charge in [-0.3, -0.25) is 30.6 Å². The third-order valence-electron chi connectivity index (χ3n) is 3.98. The molecule has 9 nitrogen and oxygen atoms in total. The number of hydrogen-bond acceptors (Lipinski definition) is 6. The Bertz CT molecular complexity index is 1110. The van der Waals surface area contributed by atoms with Crippen molar-refractivity contribution in [2.45, 2.75) is 0 Å². The van der Waals surface area contributed by atoms with Crippen LogP contribution in [-0.2, 0) is 9.53 Å². The van der Waals surface area contributed by atoms with Crippen molar-refractivity contribution in [2.24, 2.45) is 0 Å². The highest BCUT2D eigenvalue weighted by Crippen LogP contribution is 2.19. The van der Waals surface area contributed by atoms with Crippen LogP contribution in [0, 0.1) is 10.1 Å². The Kier molecular flexibility index (Phi) is 5.79. The molecule has 0 saturated heterocycles. The van der Waals surface area contributed by atoms with Gasteiger partial charge in [-0.25, -0.2) is 4.79 Å². The van der Waals surface area contributed by atoms with Gasteiger partial charge in [0.2, 0.25) is 0 Å². The van der Waals surface area contributed by atoms with Gasteiger partial charge in [0.05, 0.1) is 10.5 Å². The second kappa shape index (κ2) is 8.61. The number of amides is 2. The zero-order valence-electron chi connectivity index (χ0n) is 15.0. The Hall–Kier alpha value is -4.27. The molecule has 0 saturated carbocycles. The predicted molar refractivity (Wildman–Crippen MR) is 103 cm³/mol. The number of non-ortho nitro benzene ring substituents is 1. The van der Waals surface area contributed by atoms with Crippen molar-refractivity contribution < 1.29 is 24.0 Å². The standard InChI is InChI=1S/C20H15N3O6/c24-18(21-22-19(25)14-7-3-8-15(11-14)23(27)28)12-29-20(26)17-10-4-6-13-5-1-2-9-16(13)17/h1-11H,12H2,(H,21,24)(H,22,25). The average Bonchev–Trinajstić information content (AvgIpc) is 2.75. The van der Waals surface area contributed by atoms with Gasteiger partial charge in [0, 0.05) is 17.7 Å². The van der Waals surface area contributed by atoms with Gasteiger partial charge in [-0.15, -0.1) is 0 Å². The van der Waals surface area contributed by atoms with Crippen LogP contribution in [0.3, 0.4) is 0 Å². The summed E-state index contributed by atoms with van der Waals surface area (Å²) in [6.07, 6.45) is 0. The minimum atomic E-state index is -0.766. The van der Waals surface area contributed by atoms with Crippen molar-refractivity contribution in [3.63, 3.8) is 0 Å². The van der Waals surface area contributed by atoms with E-state index in [1.807, 2.05) is 18.2 Å². The van der Waals surface area contributed by atoms with E-state index in [9.17, 15) is 24.5 Å². The maximum absolute atomic E-state index is 12.3. The number of nitro benzene ring substituents is 1. The molecule has 0 spiro atoms. The van der Waals surface area contributed by atoms with E-state index in [1.165, 1.54) is 18.2 Å². The molecule has 0 radical (unpaired) electrons. The van der Waals surface area contributed by atoms with Crippen LogP contribution in [0.1, 0.15) is 20.7 Å². The highest BCUT2D eigenvalue weighted by Gasteiger charge is 2.15. The van der Waals surface area contributed by atoms with Gasteiger partial charge in [0.15, 0.2) is 6.61 Å². The van der Waals surface area contributed by atoms with Crippen molar-refractivity contribution >= 4 is 34.2 Å². The third-order valence-corrected chi connectivity index (χ3v) is 3.98. The predicted octanol–water partition coefficient (Wildman–Crippen LogP) is 2.37. The lowest BCUT2D eigenvalue weighted by Gasteiger charge is -2.09. The van der Waals surface area contributed by atoms with Gasteiger partial charge < -0.3 is 4.74 Å². The van der Waals surface area contributed by atoms with Crippen LogP contribution in [0.15, 0.2) is 66.7 Å². The molecular weight excluding hydrogens is 378 g/mol. The molecule has 0 aromatic heterocycles. The Morgan fingerprint density at radius 1 is 0.931 bits per heavy atom. The molecule has 0 fully saturated rings. The summed E-state index contributed by atoms with van der Waals surface area (Å²) in [5, 5.41) is 12.3. The molecule has 146 valence electrons. The number of ether oxygens (including phenoxy) is 1. The summed E-state index contributed by atoms with van der Waals surface area (Å²) < 4.78 is 4.99. The number of nitro groups is 1. The number of esters is 1. The molecule has 3 rings (SSSR count). The summed E-state index contributed by atoms with van der Waals surface area (Å²) in [6.45, 7) is -0.614. The van der Waals surface area contributed by atoms with E-state index in [0.717, 1.165) is 11.5 Å². The van der Waals surface area contributed by atoms with Gasteiger partial charge in [-0.05, 0) is 22.9 Å². The first kappa shape index (κ1) is 19.5. The first-order valence-electron chi connectivity index (χ1n) is 8.44. The summed E-state index contributed by atoms with van der Waals surface area (Å²) in [6, 6.07) is 17.4. The molecule has 2 amide bonds. The van der Waals surface area contributed by atoms with Crippen molar-refractivity contribution in [3.8, 4) is 0 Å². The van der Waals surface area contributed by atoms with E-state index in [4.69, 9.17) is 4.74 Å². The van der Waals surface area contributed by atoms with E-state index in [1.54, 1.807) is 24.3 Å². The van der Waals surface area contributed by atoms with E-state index >= 15 is 0 Å². The largest absolute Gasteiger partial charge is 0.452 e. The van der Waals surface area contributed by atoms with Gasteiger partial charge in [-0.2, -0.15) is 0 Å². The topological polar surface area (TPSA) is 128 Å². The fraction of sp³-hybridized carbons (Fsp3) is 0.0500. The van der Waals surface area contributed by atoms with Gasteiger partial charge in [0.1, 0.15) is 0 Å². The van der Waals surface area contributed by atoms with Crippen molar-refractivity contribution in [3.05, 3.63) is 88.0 Å². The van der Waals surface area contributed by atoms with Crippen LogP contribution >= 0.6 is 0 Å². The Morgan fingerprint density at radius 2 is 1.66 bits per heavy atom. The molecule has 9 heteroatoms. The lowest BCUT2D eigenvalue weighted by atomic mass is 10.1. The summed E-state index contributed by atoms with van der Waals surface area (Å²) >= 11 is 0. The molecule has 3 aromatic carbocycles. The van der Waals surface area contributed by atoms with Crippen molar-refractivity contribution in [2.75, 3.05) is 6.61 Å². The second-order valence-electron chi connectivity index (χ2n) is 5.91. The van der Waals surface area contributed by atoms with E-state index in [-0.39, 0.29) is 11.3 Å². The first-order chi connectivity index (χ1) is 14.0. The number of rotatable bonds is 5. The molecule has 0 aliphatic rings. The van der Waals surface area contributed by atoms with Crippen molar-refractivity contribution in [1.29, 1.82) is 0 Å². The third kappa shape index (κ3) is 4.72. The number of hydrazine groups is 1. The van der Waals surface area contributed by atoms with Crippen LogP contribution in [-0.4, -0.2) is 29.3 Å². The Balaban J connectivity index is 1.54. The van der Waals surface area contributed by atoms with E-state index in [2.05, 4.69) is 10.9 Å². The quantitative estimate of drug-likeness (QED) is 0.389. The van der Waals surface area contributed by atoms with Crippen molar-refractivity contribution in [1.82, 2.24) is 10.9 Å². The van der Waals surface area contributed by atoms with Crippen LogP contribution < -0.4 is 10.9 Å².